The van der Waals surface area contributed by atoms with E-state index in [4.69, 9.17) is 0 Å². The molecule has 0 saturated carbocycles. The Balaban J connectivity index is 2.00. The van der Waals surface area contributed by atoms with E-state index in [1.54, 1.807) is 12.1 Å². The van der Waals surface area contributed by atoms with E-state index in [2.05, 4.69) is 6.92 Å². The fourth-order valence-electron chi connectivity index (χ4n) is 2.13. The minimum absolute atomic E-state index is 0.0682. The van der Waals surface area contributed by atoms with Gasteiger partial charge in [-0.05, 0) is 36.1 Å². The topological polar surface area (TPSA) is 17.1 Å². The Hall–Kier alpha value is -1.96. The van der Waals surface area contributed by atoms with Gasteiger partial charge in [0.1, 0.15) is 5.82 Å². The molecule has 0 aliphatic rings. The van der Waals surface area contributed by atoms with Crippen molar-refractivity contribution in [2.24, 2.45) is 0 Å². The second-order valence-corrected chi connectivity index (χ2v) is 5.03. The maximum Gasteiger partial charge on any atom is 0.167 e. The monoisotopic (exact) mass is 270 g/mol. The summed E-state index contributed by atoms with van der Waals surface area (Å²) in [6.45, 7) is 2.17. The molecule has 0 atom stereocenters. The molecule has 2 rings (SSSR count). The summed E-state index contributed by atoms with van der Waals surface area (Å²) in [5.41, 5.74) is 2.83. The van der Waals surface area contributed by atoms with Gasteiger partial charge < -0.3 is 0 Å². The maximum absolute atomic E-state index is 12.8. The molecular formula is C18H19FO. The van der Waals surface area contributed by atoms with Crippen molar-refractivity contribution in [2.45, 2.75) is 32.6 Å². The second-order valence-electron chi connectivity index (χ2n) is 5.03. The average Bonchev–Trinajstić information content (AvgIpc) is 2.48. The van der Waals surface area contributed by atoms with E-state index in [0.717, 1.165) is 17.5 Å². The van der Waals surface area contributed by atoms with E-state index in [0.29, 0.717) is 6.42 Å². The van der Waals surface area contributed by atoms with Crippen LogP contribution in [0, 0.1) is 5.82 Å². The molecule has 104 valence electrons. The van der Waals surface area contributed by atoms with Crippen LogP contribution in [0.25, 0.3) is 0 Å². The van der Waals surface area contributed by atoms with E-state index < -0.39 is 0 Å². The van der Waals surface area contributed by atoms with Gasteiger partial charge in [0.2, 0.25) is 0 Å². The summed E-state index contributed by atoms with van der Waals surface area (Å²) in [7, 11) is 0. The zero-order valence-corrected chi connectivity index (χ0v) is 11.7. The minimum atomic E-state index is -0.276. The molecule has 2 aromatic rings. The Morgan fingerprint density at radius 1 is 0.950 bits per heavy atom. The van der Waals surface area contributed by atoms with Gasteiger partial charge in [-0.15, -0.1) is 0 Å². The number of carbonyl (C=O) groups is 1. The first kappa shape index (κ1) is 14.4. The van der Waals surface area contributed by atoms with Crippen LogP contribution in [0.4, 0.5) is 4.39 Å². The zero-order valence-electron chi connectivity index (χ0n) is 11.7. The summed E-state index contributed by atoms with van der Waals surface area (Å²) < 4.78 is 12.8. The minimum Gasteiger partial charge on any atom is -0.294 e. The van der Waals surface area contributed by atoms with E-state index >= 15 is 0 Å². The van der Waals surface area contributed by atoms with Gasteiger partial charge in [0.25, 0.3) is 0 Å². The Morgan fingerprint density at radius 2 is 1.55 bits per heavy atom. The van der Waals surface area contributed by atoms with Gasteiger partial charge in [0.15, 0.2) is 5.78 Å². The Bertz CT molecular complexity index is 555. The molecule has 2 aromatic carbocycles. The van der Waals surface area contributed by atoms with Crippen LogP contribution in [0.3, 0.4) is 0 Å². The van der Waals surface area contributed by atoms with Crippen LogP contribution in [-0.4, -0.2) is 5.78 Å². The summed E-state index contributed by atoms with van der Waals surface area (Å²) in [6.07, 6.45) is 3.71. The highest BCUT2D eigenvalue weighted by atomic mass is 19.1. The van der Waals surface area contributed by atoms with E-state index in [9.17, 15) is 9.18 Å². The van der Waals surface area contributed by atoms with Crippen LogP contribution in [-0.2, 0) is 12.8 Å². The van der Waals surface area contributed by atoms with Crippen molar-refractivity contribution in [1.29, 1.82) is 0 Å². The summed E-state index contributed by atoms with van der Waals surface area (Å²) in [5.74, 6) is -0.208. The Labute approximate surface area is 119 Å². The molecule has 0 aromatic heterocycles. The molecule has 0 heterocycles. The van der Waals surface area contributed by atoms with E-state index in [1.165, 1.54) is 30.5 Å². The molecule has 0 radical (unpaired) electrons. The van der Waals surface area contributed by atoms with Crippen molar-refractivity contribution in [3.05, 3.63) is 71.0 Å². The third-order valence-electron chi connectivity index (χ3n) is 3.37. The highest BCUT2D eigenvalue weighted by Gasteiger charge is 2.07. The van der Waals surface area contributed by atoms with Gasteiger partial charge >= 0.3 is 0 Å². The fourth-order valence-corrected chi connectivity index (χ4v) is 2.13. The second kappa shape index (κ2) is 6.99. The molecule has 0 amide bonds. The molecule has 2 heteroatoms. The van der Waals surface area contributed by atoms with Crippen LogP contribution >= 0.6 is 0 Å². The highest BCUT2D eigenvalue weighted by molar-refractivity contribution is 5.97. The first-order chi connectivity index (χ1) is 9.69. The molecule has 0 unspecified atom stereocenters. The molecule has 0 N–H and O–H groups in total. The van der Waals surface area contributed by atoms with Crippen LogP contribution in [0.15, 0.2) is 48.5 Å². The van der Waals surface area contributed by atoms with Gasteiger partial charge in [0, 0.05) is 12.0 Å². The standard InChI is InChI=1S/C18H19FO/c1-2-3-4-14-5-9-16(10-6-14)18(20)13-15-7-11-17(19)12-8-15/h5-12H,2-4,13H2,1H3. The third-order valence-corrected chi connectivity index (χ3v) is 3.37. The number of carbonyl (C=O) groups excluding carboxylic acids is 1. The highest BCUT2D eigenvalue weighted by Crippen LogP contribution is 2.11. The molecule has 1 nitrogen and oxygen atoms in total. The van der Waals surface area contributed by atoms with Crippen molar-refractivity contribution >= 4 is 5.78 Å². The predicted molar refractivity (Wildman–Crippen MR) is 79.5 cm³/mol. The molecule has 0 aliphatic heterocycles. The predicted octanol–water partition coefficient (Wildman–Crippen LogP) is 4.59. The number of hydrogen-bond acceptors (Lipinski definition) is 1. The first-order valence-electron chi connectivity index (χ1n) is 7.05. The molecule has 0 fully saturated rings. The lowest BCUT2D eigenvalue weighted by molar-refractivity contribution is 0.0993. The number of benzene rings is 2. The van der Waals surface area contributed by atoms with Gasteiger partial charge in [-0.2, -0.15) is 0 Å². The fraction of sp³-hybridized carbons (Fsp3) is 0.278. The van der Waals surface area contributed by atoms with E-state index in [-0.39, 0.29) is 11.6 Å². The molecule has 0 aliphatic carbocycles. The summed E-state index contributed by atoms with van der Waals surface area (Å²) >= 11 is 0. The molecule has 0 saturated heterocycles. The van der Waals surface area contributed by atoms with Crippen molar-refractivity contribution in [1.82, 2.24) is 0 Å². The van der Waals surface area contributed by atoms with Gasteiger partial charge in [-0.1, -0.05) is 49.7 Å². The normalized spacial score (nSPS) is 10.5. The average molecular weight is 270 g/mol. The number of rotatable bonds is 6. The zero-order chi connectivity index (χ0) is 14.4. The number of ketones is 1. The number of hydrogen-bond donors (Lipinski definition) is 0. The molecular weight excluding hydrogens is 251 g/mol. The lowest BCUT2D eigenvalue weighted by atomic mass is 10.0. The van der Waals surface area contributed by atoms with Gasteiger partial charge in [0.05, 0.1) is 0 Å². The van der Waals surface area contributed by atoms with Crippen molar-refractivity contribution in [2.75, 3.05) is 0 Å². The lowest BCUT2D eigenvalue weighted by Crippen LogP contribution is -2.03. The van der Waals surface area contributed by atoms with Crippen molar-refractivity contribution in [3.63, 3.8) is 0 Å². The van der Waals surface area contributed by atoms with Crippen LogP contribution in [0.5, 0.6) is 0 Å². The SMILES string of the molecule is CCCCc1ccc(C(=O)Cc2ccc(F)cc2)cc1. The summed E-state index contributed by atoms with van der Waals surface area (Å²) in [4.78, 5) is 12.1. The van der Waals surface area contributed by atoms with Crippen LogP contribution in [0.1, 0.15) is 41.3 Å². The Morgan fingerprint density at radius 3 is 2.15 bits per heavy atom. The largest absolute Gasteiger partial charge is 0.294 e. The number of halogens is 1. The third kappa shape index (κ3) is 4.02. The number of Topliss-reactive ketones (excluding diaryl/α,β-unsaturated/α-hetero) is 1. The summed E-state index contributed by atoms with van der Waals surface area (Å²) in [5, 5.41) is 0. The first-order valence-corrected chi connectivity index (χ1v) is 7.05. The van der Waals surface area contributed by atoms with Crippen molar-refractivity contribution in [3.8, 4) is 0 Å². The molecule has 0 spiro atoms. The molecule has 0 bridgehead atoms. The number of aryl methyl sites for hydroxylation is 1. The van der Waals surface area contributed by atoms with Gasteiger partial charge in [-0.25, -0.2) is 4.39 Å². The van der Waals surface area contributed by atoms with Crippen molar-refractivity contribution < 1.29 is 9.18 Å². The van der Waals surface area contributed by atoms with Crippen LogP contribution in [0.2, 0.25) is 0 Å². The summed E-state index contributed by atoms with van der Waals surface area (Å²) in [6, 6.07) is 13.9. The Kier molecular flexibility index (Phi) is 5.05. The smallest absolute Gasteiger partial charge is 0.167 e. The van der Waals surface area contributed by atoms with Gasteiger partial charge in [-0.3, -0.25) is 4.79 Å². The quantitative estimate of drug-likeness (QED) is 0.701. The molecule has 20 heavy (non-hydrogen) atoms. The maximum atomic E-state index is 12.8. The lowest BCUT2D eigenvalue weighted by Gasteiger charge is -2.04. The van der Waals surface area contributed by atoms with E-state index in [1.807, 2.05) is 24.3 Å². The van der Waals surface area contributed by atoms with Crippen LogP contribution < -0.4 is 0 Å². The number of unbranched alkanes of at least 4 members (excludes halogenated alkanes) is 1.